The predicted molar refractivity (Wildman–Crippen MR) is 90.9 cm³/mol. The normalized spacial score (nSPS) is 12.0. The van der Waals surface area contributed by atoms with Crippen molar-refractivity contribution in [1.82, 2.24) is 9.62 Å². The largest absolute Gasteiger partial charge is 0.313 e. The molecule has 1 N–H and O–H groups in total. The quantitative estimate of drug-likeness (QED) is 0.672. The Hall–Kier alpha value is -0.430. The lowest BCUT2D eigenvalue weighted by atomic mass is 10.2. The van der Waals surface area contributed by atoms with Crippen LogP contribution in [-0.2, 0) is 16.6 Å². The van der Waals surface area contributed by atoms with E-state index < -0.39 is 10.0 Å². The maximum absolute atomic E-state index is 12.6. The molecule has 0 amide bonds. The van der Waals surface area contributed by atoms with Crippen molar-refractivity contribution in [2.45, 2.75) is 45.1 Å². The Labute approximate surface area is 137 Å². The van der Waals surface area contributed by atoms with E-state index >= 15 is 0 Å². The van der Waals surface area contributed by atoms with Gasteiger partial charge in [-0.15, -0.1) is 0 Å². The topological polar surface area (TPSA) is 49.4 Å². The van der Waals surface area contributed by atoms with Crippen molar-refractivity contribution in [2.24, 2.45) is 0 Å². The van der Waals surface area contributed by atoms with E-state index in [0.717, 1.165) is 31.5 Å². The van der Waals surface area contributed by atoms with Gasteiger partial charge in [0.05, 0.1) is 4.90 Å². The molecule has 0 aromatic heterocycles. The molecule has 0 atom stereocenters. The van der Waals surface area contributed by atoms with Gasteiger partial charge in [0.1, 0.15) is 0 Å². The summed E-state index contributed by atoms with van der Waals surface area (Å²) in [4.78, 5) is 0.344. The van der Waals surface area contributed by atoms with Crippen LogP contribution in [-0.4, -0.2) is 32.4 Å². The van der Waals surface area contributed by atoms with Crippen LogP contribution in [0.5, 0.6) is 0 Å². The Morgan fingerprint density at radius 1 is 1.19 bits per heavy atom. The average Bonchev–Trinajstić information content (AvgIpc) is 2.44. The second-order valence-corrected chi connectivity index (χ2v) is 7.70. The van der Waals surface area contributed by atoms with Crippen LogP contribution >= 0.6 is 15.9 Å². The third-order valence-electron chi connectivity index (χ3n) is 3.20. The molecule has 0 aliphatic carbocycles. The first-order valence-electron chi connectivity index (χ1n) is 7.46. The van der Waals surface area contributed by atoms with Crippen LogP contribution in [0.15, 0.2) is 27.6 Å². The van der Waals surface area contributed by atoms with E-state index in [2.05, 4.69) is 28.2 Å². The van der Waals surface area contributed by atoms with E-state index in [4.69, 9.17) is 0 Å². The molecule has 0 bridgehead atoms. The molecule has 0 fully saturated rings. The van der Waals surface area contributed by atoms with Crippen molar-refractivity contribution in [1.29, 1.82) is 0 Å². The molecule has 0 heterocycles. The second-order valence-electron chi connectivity index (χ2n) is 4.94. The third-order valence-corrected chi connectivity index (χ3v) is 6.15. The molecule has 21 heavy (non-hydrogen) atoms. The van der Waals surface area contributed by atoms with E-state index in [1.54, 1.807) is 6.07 Å². The second kappa shape index (κ2) is 8.88. The highest BCUT2D eigenvalue weighted by Gasteiger charge is 2.24. The number of hydrogen-bond donors (Lipinski definition) is 1. The van der Waals surface area contributed by atoms with Gasteiger partial charge in [0.15, 0.2) is 0 Å². The zero-order valence-corrected chi connectivity index (χ0v) is 15.4. The number of halogens is 1. The fraction of sp³-hybridized carbons (Fsp3) is 0.600. The molecule has 1 rings (SSSR count). The van der Waals surface area contributed by atoms with Crippen LogP contribution < -0.4 is 5.32 Å². The monoisotopic (exact) mass is 376 g/mol. The van der Waals surface area contributed by atoms with Crippen LogP contribution in [0, 0.1) is 0 Å². The summed E-state index contributed by atoms with van der Waals surface area (Å²) in [5.41, 5.74) is 1.08. The summed E-state index contributed by atoms with van der Waals surface area (Å²) in [6, 6.07) is 5.45. The van der Waals surface area contributed by atoms with Gasteiger partial charge in [-0.05, 0) is 53.0 Å². The maximum Gasteiger partial charge on any atom is 0.244 e. The molecule has 0 radical (unpaired) electrons. The van der Waals surface area contributed by atoms with Gasteiger partial charge < -0.3 is 5.32 Å². The molecule has 1 aromatic carbocycles. The highest BCUT2D eigenvalue weighted by atomic mass is 79.9. The summed E-state index contributed by atoms with van der Waals surface area (Å²) in [6.45, 7) is 8.70. The van der Waals surface area contributed by atoms with Crippen LogP contribution in [0.3, 0.4) is 0 Å². The summed E-state index contributed by atoms with van der Waals surface area (Å²) in [5.74, 6) is 0. The number of nitrogens with one attached hydrogen (secondary N) is 1. The van der Waals surface area contributed by atoms with E-state index in [-0.39, 0.29) is 0 Å². The van der Waals surface area contributed by atoms with E-state index in [0.29, 0.717) is 22.5 Å². The number of hydrogen-bond acceptors (Lipinski definition) is 3. The van der Waals surface area contributed by atoms with Crippen molar-refractivity contribution < 1.29 is 8.42 Å². The fourth-order valence-electron chi connectivity index (χ4n) is 2.11. The summed E-state index contributed by atoms with van der Waals surface area (Å²) in [6.07, 6.45) is 1.89. The van der Waals surface area contributed by atoms with Gasteiger partial charge in [0.25, 0.3) is 0 Å². The molecule has 0 aliphatic heterocycles. The van der Waals surface area contributed by atoms with Crippen molar-refractivity contribution in [2.75, 3.05) is 19.6 Å². The Balaban J connectivity index is 2.97. The predicted octanol–water partition coefficient (Wildman–Crippen LogP) is 3.37. The minimum Gasteiger partial charge on any atom is -0.313 e. The van der Waals surface area contributed by atoms with Gasteiger partial charge in [-0.1, -0.05) is 26.8 Å². The minimum atomic E-state index is -3.42. The van der Waals surface area contributed by atoms with Gasteiger partial charge in [-0.2, -0.15) is 4.31 Å². The van der Waals surface area contributed by atoms with Gasteiger partial charge in [0, 0.05) is 24.1 Å². The van der Waals surface area contributed by atoms with Crippen LogP contribution in [0.25, 0.3) is 0 Å². The first kappa shape index (κ1) is 18.6. The molecule has 4 nitrogen and oxygen atoms in total. The zero-order chi connectivity index (χ0) is 15.9. The number of rotatable bonds is 9. The standard InChI is InChI=1S/C15H25BrN2O2S/c1-4-9-17-12-13-7-8-15(14(16)11-13)21(19,20)18(6-3)10-5-2/h7-8,11,17H,4-6,9-10,12H2,1-3H3. The van der Waals surface area contributed by atoms with Gasteiger partial charge >= 0.3 is 0 Å². The highest BCUT2D eigenvalue weighted by molar-refractivity contribution is 9.10. The smallest absolute Gasteiger partial charge is 0.244 e. The maximum atomic E-state index is 12.6. The minimum absolute atomic E-state index is 0.344. The Bertz CT molecular complexity index is 547. The highest BCUT2D eigenvalue weighted by Crippen LogP contribution is 2.26. The lowest BCUT2D eigenvalue weighted by Gasteiger charge is -2.20. The number of nitrogens with zero attached hydrogens (tertiary/aromatic N) is 1. The zero-order valence-electron chi connectivity index (χ0n) is 13.0. The van der Waals surface area contributed by atoms with Gasteiger partial charge in [0.2, 0.25) is 10.0 Å². The van der Waals surface area contributed by atoms with Crippen LogP contribution in [0.4, 0.5) is 0 Å². The molecule has 1 aromatic rings. The summed E-state index contributed by atoms with van der Waals surface area (Å²) in [7, 11) is -3.42. The molecule has 0 spiro atoms. The van der Waals surface area contributed by atoms with Crippen LogP contribution in [0.2, 0.25) is 0 Å². The summed E-state index contributed by atoms with van der Waals surface area (Å²) in [5, 5.41) is 3.31. The lowest BCUT2D eigenvalue weighted by Crippen LogP contribution is -2.31. The van der Waals surface area contributed by atoms with Crippen molar-refractivity contribution in [3.05, 3.63) is 28.2 Å². The molecule has 0 saturated carbocycles. The number of sulfonamides is 1. The first-order valence-corrected chi connectivity index (χ1v) is 9.69. The molecule has 6 heteroatoms. The third kappa shape index (κ3) is 5.06. The first-order chi connectivity index (χ1) is 9.97. The van der Waals surface area contributed by atoms with E-state index in [1.165, 1.54) is 4.31 Å². The molecular weight excluding hydrogens is 352 g/mol. The summed E-state index contributed by atoms with van der Waals surface area (Å²) >= 11 is 3.41. The van der Waals surface area contributed by atoms with Crippen molar-refractivity contribution in [3.63, 3.8) is 0 Å². The number of benzene rings is 1. The Morgan fingerprint density at radius 2 is 1.90 bits per heavy atom. The molecule has 0 unspecified atom stereocenters. The Morgan fingerprint density at radius 3 is 2.43 bits per heavy atom. The average molecular weight is 377 g/mol. The summed E-state index contributed by atoms with van der Waals surface area (Å²) < 4.78 is 27.4. The van der Waals surface area contributed by atoms with E-state index in [1.807, 2.05) is 26.0 Å². The Kier molecular flexibility index (Phi) is 7.87. The SMILES string of the molecule is CCCNCc1ccc(S(=O)(=O)N(CC)CCC)c(Br)c1. The molecule has 0 saturated heterocycles. The molecule has 120 valence electrons. The van der Waals surface area contributed by atoms with Gasteiger partial charge in [-0.25, -0.2) is 8.42 Å². The lowest BCUT2D eigenvalue weighted by molar-refractivity contribution is 0.427. The fourth-order valence-corrected chi connectivity index (χ4v) is 4.74. The molecule has 0 aliphatic rings. The van der Waals surface area contributed by atoms with Gasteiger partial charge in [-0.3, -0.25) is 0 Å². The van der Waals surface area contributed by atoms with Crippen molar-refractivity contribution >= 4 is 26.0 Å². The molecular formula is C15H25BrN2O2S. The van der Waals surface area contributed by atoms with E-state index in [9.17, 15) is 8.42 Å². The van der Waals surface area contributed by atoms with Crippen LogP contribution in [0.1, 0.15) is 39.2 Å². The van der Waals surface area contributed by atoms with Crippen molar-refractivity contribution in [3.8, 4) is 0 Å².